The van der Waals surface area contributed by atoms with Crippen LogP contribution in [-0.2, 0) is 17.9 Å². The third kappa shape index (κ3) is 4.34. The Kier molecular flexibility index (Phi) is 5.88. The molecule has 2 aromatic rings. The lowest BCUT2D eigenvalue weighted by Crippen LogP contribution is -2.52. The lowest BCUT2D eigenvalue weighted by Gasteiger charge is -2.38. The summed E-state index contributed by atoms with van der Waals surface area (Å²) in [7, 11) is 1.70. The number of rotatable bonds is 7. The molecule has 1 heterocycles. The van der Waals surface area contributed by atoms with Crippen molar-refractivity contribution in [3.8, 4) is 5.75 Å². The van der Waals surface area contributed by atoms with Crippen molar-refractivity contribution < 1.29 is 9.53 Å². The third-order valence-corrected chi connectivity index (χ3v) is 6.26. The van der Waals surface area contributed by atoms with E-state index in [0.717, 1.165) is 36.0 Å². The largest absolute Gasteiger partial charge is 0.489 e. The van der Waals surface area contributed by atoms with Gasteiger partial charge in [-0.2, -0.15) is 0 Å². The molecule has 2 aromatic carbocycles. The SMILES string of the molecule is CNC(=O)C1CN(Cc2ccc(OCc3ccc(Cl)c(C4CCC4)c3)cc2)C1. The standard InChI is InChI=1S/C23H27ClN2O2/c1-25-23(27)19-13-26(14-19)12-16-5-8-20(9-6-16)28-15-17-7-10-22(24)21(11-17)18-3-2-4-18/h5-11,18-19H,2-4,12-15H2,1H3,(H,25,27). The van der Waals surface area contributed by atoms with Crippen molar-refractivity contribution in [1.29, 1.82) is 0 Å². The van der Waals surface area contributed by atoms with E-state index in [1.54, 1.807) is 7.05 Å². The fraction of sp³-hybridized carbons (Fsp3) is 0.435. The molecule has 1 N–H and O–H groups in total. The van der Waals surface area contributed by atoms with Crippen LogP contribution in [0, 0.1) is 5.92 Å². The highest BCUT2D eigenvalue weighted by atomic mass is 35.5. The first-order valence-corrected chi connectivity index (χ1v) is 10.4. The van der Waals surface area contributed by atoms with Crippen molar-refractivity contribution in [3.05, 3.63) is 64.2 Å². The lowest BCUT2D eigenvalue weighted by atomic mass is 9.79. The molecule has 0 radical (unpaired) electrons. The Hall–Kier alpha value is -2.04. The van der Waals surface area contributed by atoms with Crippen LogP contribution in [-0.4, -0.2) is 30.9 Å². The number of hydrogen-bond acceptors (Lipinski definition) is 3. The van der Waals surface area contributed by atoms with Crippen LogP contribution >= 0.6 is 11.6 Å². The molecule has 0 atom stereocenters. The molecule has 2 aliphatic rings. The summed E-state index contributed by atoms with van der Waals surface area (Å²) in [5, 5.41) is 3.59. The van der Waals surface area contributed by atoms with Gasteiger partial charge in [0, 0.05) is 31.7 Å². The minimum atomic E-state index is 0.136. The molecule has 5 heteroatoms. The number of nitrogens with zero attached hydrogens (tertiary/aromatic N) is 1. The predicted octanol–water partition coefficient (Wildman–Crippen LogP) is 4.36. The number of hydrogen-bond donors (Lipinski definition) is 1. The normalized spacial score (nSPS) is 17.6. The molecule has 0 bridgehead atoms. The van der Waals surface area contributed by atoms with Crippen LogP contribution < -0.4 is 10.1 Å². The van der Waals surface area contributed by atoms with Gasteiger partial charge in [0.05, 0.1) is 5.92 Å². The molecule has 0 aromatic heterocycles. The predicted molar refractivity (Wildman–Crippen MR) is 112 cm³/mol. The van der Waals surface area contributed by atoms with Crippen LogP contribution in [0.5, 0.6) is 5.75 Å². The number of carbonyl (C=O) groups excluding carboxylic acids is 1. The van der Waals surface area contributed by atoms with E-state index in [0.29, 0.717) is 12.5 Å². The Balaban J connectivity index is 1.28. The molecule has 1 aliphatic carbocycles. The summed E-state index contributed by atoms with van der Waals surface area (Å²) in [5.41, 5.74) is 3.67. The van der Waals surface area contributed by atoms with E-state index in [2.05, 4.69) is 28.4 Å². The van der Waals surface area contributed by atoms with Crippen LogP contribution in [0.2, 0.25) is 5.02 Å². The van der Waals surface area contributed by atoms with Gasteiger partial charge >= 0.3 is 0 Å². The van der Waals surface area contributed by atoms with E-state index in [1.165, 1.54) is 30.4 Å². The van der Waals surface area contributed by atoms with Crippen LogP contribution in [0.25, 0.3) is 0 Å². The van der Waals surface area contributed by atoms with Gasteiger partial charge in [0.2, 0.25) is 5.91 Å². The Morgan fingerprint density at radius 2 is 1.86 bits per heavy atom. The molecule has 1 saturated heterocycles. The first-order chi connectivity index (χ1) is 13.6. The van der Waals surface area contributed by atoms with Gasteiger partial charge < -0.3 is 10.1 Å². The van der Waals surface area contributed by atoms with Gasteiger partial charge in [-0.05, 0) is 53.6 Å². The second-order valence-corrected chi connectivity index (χ2v) is 8.33. The fourth-order valence-corrected chi connectivity index (χ4v) is 4.17. The Morgan fingerprint density at radius 1 is 1.14 bits per heavy atom. The Bertz CT molecular complexity index is 827. The number of carbonyl (C=O) groups is 1. The molecule has 1 amide bonds. The monoisotopic (exact) mass is 398 g/mol. The van der Waals surface area contributed by atoms with Crippen molar-refractivity contribution in [2.75, 3.05) is 20.1 Å². The highest BCUT2D eigenvalue weighted by molar-refractivity contribution is 6.31. The van der Waals surface area contributed by atoms with Crippen molar-refractivity contribution in [3.63, 3.8) is 0 Å². The summed E-state index contributed by atoms with van der Waals surface area (Å²) in [5.74, 6) is 1.77. The molecule has 28 heavy (non-hydrogen) atoms. The first-order valence-electron chi connectivity index (χ1n) is 10.1. The highest BCUT2D eigenvalue weighted by Gasteiger charge is 2.31. The summed E-state index contributed by atoms with van der Waals surface area (Å²) < 4.78 is 5.97. The second kappa shape index (κ2) is 8.54. The first kappa shape index (κ1) is 19.3. The summed E-state index contributed by atoms with van der Waals surface area (Å²) in [6, 6.07) is 14.5. The maximum absolute atomic E-state index is 11.6. The van der Waals surface area contributed by atoms with Crippen molar-refractivity contribution in [1.82, 2.24) is 10.2 Å². The number of nitrogens with one attached hydrogen (secondary N) is 1. The number of benzene rings is 2. The van der Waals surface area contributed by atoms with Crippen LogP contribution in [0.3, 0.4) is 0 Å². The molecule has 1 aliphatic heterocycles. The number of ether oxygens (including phenoxy) is 1. The summed E-state index contributed by atoms with van der Waals surface area (Å²) in [6.07, 6.45) is 3.79. The van der Waals surface area contributed by atoms with Crippen LogP contribution in [0.4, 0.5) is 0 Å². The van der Waals surface area contributed by atoms with Crippen molar-refractivity contribution in [2.24, 2.45) is 5.92 Å². The maximum Gasteiger partial charge on any atom is 0.225 e. The summed E-state index contributed by atoms with van der Waals surface area (Å²) >= 11 is 6.36. The van der Waals surface area contributed by atoms with Gasteiger partial charge in [-0.25, -0.2) is 0 Å². The lowest BCUT2D eigenvalue weighted by molar-refractivity contribution is -0.129. The smallest absolute Gasteiger partial charge is 0.225 e. The topological polar surface area (TPSA) is 41.6 Å². The molecule has 4 rings (SSSR count). The average Bonchev–Trinajstić information content (AvgIpc) is 2.64. The van der Waals surface area contributed by atoms with E-state index in [-0.39, 0.29) is 11.8 Å². The molecule has 0 unspecified atom stereocenters. The third-order valence-electron chi connectivity index (χ3n) is 5.91. The number of likely N-dealkylation sites (tertiary alicyclic amines) is 1. The zero-order chi connectivity index (χ0) is 19.5. The van der Waals surface area contributed by atoms with E-state index < -0.39 is 0 Å². The van der Waals surface area contributed by atoms with Crippen molar-refractivity contribution in [2.45, 2.75) is 38.3 Å². The fourth-order valence-electron chi connectivity index (χ4n) is 3.90. The quantitative estimate of drug-likeness (QED) is 0.753. The number of halogens is 1. The minimum absolute atomic E-state index is 0.136. The molecule has 4 nitrogen and oxygen atoms in total. The minimum Gasteiger partial charge on any atom is -0.489 e. The van der Waals surface area contributed by atoms with Gasteiger partial charge in [0.15, 0.2) is 0 Å². The zero-order valence-electron chi connectivity index (χ0n) is 16.3. The van der Waals surface area contributed by atoms with Gasteiger partial charge in [-0.1, -0.05) is 42.3 Å². The van der Waals surface area contributed by atoms with E-state index in [9.17, 15) is 4.79 Å². The molecule has 2 fully saturated rings. The summed E-state index contributed by atoms with van der Waals surface area (Å²) in [4.78, 5) is 13.8. The highest BCUT2D eigenvalue weighted by Crippen LogP contribution is 2.40. The van der Waals surface area contributed by atoms with E-state index >= 15 is 0 Å². The van der Waals surface area contributed by atoms with E-state index in [4.69, 9.17) is 16.3 Å². The van der Waals surface area contributed by atoms with Gasteiger partial charge in [0.1, 0.15) is 12.4 Å². The van der Waals surface area contributed by atoms with Gasteiger partial charge in [0.25, 0.3) is 0 Å². The average molecular weight is 399 g/mol. The van der Waals surface area contributed by atoms with Crippen LogP contribution in [0.15, 0.2) is 42.5 Å². The molecular formula is C23H27ClN2O2. The molecule has 0 spiro atoms. The number of amides is 1. The Labute approximate surface area is 171 Å². The molecular weight excluding hydrogens is 372 g/mol. The van der Waals surface area contributed by atoms with Crippen LogP contribution in [0.1, 0.15) is 41.9 Å². The van der Waals surface area contributed by atoms with Gasteiger partial charge in [-0.15, -0.1) is 0 Å². The van der Waals surface area contributed by atoms with Crippen molar-refractivity contribution >= 4 is 17.5 Å². The molecule has 1 saturated carbocycles. The molecule has 148 valence electrons. The zero-order valence-corrected chi connectivity index (χ0v) is 17.0. The maximum atomic E-state index is 11.6. The second-order valence-electron chi connectivity index (χ2n) is 7.92. The van der Waals surface area contributed by atoms with Gasteiger partial charge in [-0.3, -0.25) is 9.69 Å². The summed E-state index contributed by atoms with van der Waals surface area (Å²) in [6.45, 7) is 3.08. The van der Waals surface area contributed by atoms with E-state index in [1.807, 2.05) is 24.3 Å². The Morgan fingerprint density at radius 3 is 2.50 bits per heavy atom.